The Morgan fingerprint density at radius 1 is 1.27 bits per heavy atom. The zero-order valence-corrected chi connectivity index (χ0v) is 13.3. The third-order valence-electron chi connectivity index (χ3n) is 5.10. The molecule has 22 heavy (non-hydrogen) atoms. The lowest BCUT2D eigenvalue weighted by atomic mass is 10.0. The van der Waals surface area contributed by atoms with Gasteiger partial charge in [0.2, 0.25) is 5.82 Å². The molecule has 2 aliphatic rings. The molecule has 1 aromatic heterocycles. The van der Waals surface area contributed by atoms with Crippen molar-refractivity contribution in [2.45, 2.75) is 57.7 Å². The molecule has 0 N–H and O–H groups in total. The van der Waals surface area contributed by atoms with Crippen LogP contribution in [0.1, 0.15) is 39.5 Å². The van der Waals surface area contributed by atoms with E-state index in [9.17, 15) is 10.1 Å². The van der Waals surface area contributed by atoms with Crippen molar-refractivity contribution in [2.24, 2.45) is 0 Å². The van der Waals surface area contributed by atoms with Gasteiger partial charge in [-0.15, -0.1) is 0 Å². The average molecular weight is 304 g/mol. The Bertz CT molecular complexity index is 541. The third-order valence-corrected chi connectivity index (χ3v) is 5.10. The van der Waals surface area contributed by atoms with Crippen LogP contribution >= 0.6 is 0 Å². The summed E-state index contributed by atoms with van der Waals surface area (Å²) in [4.78, 5) is 19.9. The number of anilines is 1. The van der Waals surface area contributed by atoms with Gasteiger partial charge in [-0.2, -0.15) is 0 Å². The van der Waals surface area contributed by atoms with E-state index in [1.807, 2.05) is 0 Å². The summed E-state index contributed by atoms with van der Waals surface area (Å²) in [5.74, 6) is 0.525. The molecule has 0 spiro atoms. The van der Waals surface area contributed by atoms with Crippen LogP contribution in [0.25, 0.3) is 0 Å². The van der Waals surface area contributed by atoms with E-state index in [2.05, 4.69) is 28.6 Å². The summed E-state index contributed by atoms with van der Waals surface area (Å²) in [5.41, 5.74) is 0.116. The largest absolute Gasteiger partial charge is 0.349 e. The summed E-state index contributed by atoms with van der Waals surface area (Å²) >= 11 is 0. The molecule has 3 heterocycles. The molecule has 0 amide bonds. The first-order chi connectivity index (χ1) is 10.6. The number of rotatable bonds is 3. The molecule has 6 heteroatoms. The Morgan fingerprint density at radius 2 is 2.00 bits per heavy atom. The van der Waals surface area contributed by atoms with Crippen molar-refractivity contribution in [3.63, 3.8) is 0 Å². The van der Waals surface area contributed by atoms with E-state index in [1.54, 1.807) is 18.3 Å². The van der Waals surface area contributed by atoms with E-state index in [-0.39, 0.29) is 10.6 Å². The minimum Gasteiger partial charge on any atom is -0.349 e. The average Bonchev–Trinajstić information content (AvgIpc) is 2.86. The van der Waals surface area contributed by atoms with Crippen molar-refractivity contribution in [1.29, 1.82) is 0 Å². The molecule has 2 fully saturated rings. The number of nitro groups is 1. The summed E-state index contributed by atoms with van der Waals surface area (Å²) < 4.78 is 0. The second kappa shape index (κ2) is 6.20. The minimum atomic E-state index is -0.326. The highest BCUT2D eigenvalue weighted by molar-refractivity contribution is 5.57. The number of piperidine rings is 1. The Morgan fingerprint density at radius 3 is 2.68 bits per heavy atom. The standard InChI is InChI=1S/C16H24N4O2/c1-12-7-8-13(2)19(12)14-5-4-10-18(11-14)16-15(20(21)22)6-3-9-17-16/h3,6,9,12-14H,4-5,7-8,10-11H2,1-2H3. The summed E-state index contributed by atoms with van der Waals surface area (Å²) in [6, 6.07) is 4.88. The van der Waals surface area contributed by atoms with Crippen LogP contribution in [-0.2, 0) is 0 Å². The van der Waals surface area contributed by atoms with Gasteiger partial charge in [0.1, 0.15) is 0 Å². The van der Waals surface area contributed by atoms with E-state index < -0.39 is 0 Å². The number of likely N-dealkylation sites (tertiary alicyclic amines) is 1. The normalized spacial score (nSPS) is 29.7. The van der Waals surface area contributed by atoms with Crippen molar-refractivity contribution in [2.75, 3.05) is 18.0 Å². The van der Waals surface area contributed by atoms with Crippen molar-refractivity contribution in [3.05, 3.63) is 28.4 Å². The Labute approximate surface area is 131 Å². The number of aromatic nitrogens is 1. The number of pyridine rings is 1. The maximum atomic E-state index is 11.2. The summed E-state index contributed by atoms with van der Waals surface area (Å²) in [6.07, 6.45) is 6.38. The smallest absolute Gasteiger partial charge is 0.311 e. The molecule has 3 unspecified atom stereocenters. The Balaban J connectivity index is 1.80. The quantitative estimate of drug-likeness (QED) is 0.634. The van der Waals surface area contributed by atoms with Crippen molar-refractivity contribution in [3.8, 4) is 0 Å². The van der Waals surface area contributed by atoms with Gasteiger partial charge in [-0.25, -0.2) is 4.98 Å². The second-order valence-corrected chi connectivity index (χ2v) is 6.57. The zero-order chi connectivity index (χ0) is 15.7. The summed E-state index contributed by atoms with van der Waals surface area (Å²) in [6.45, 7) is 6.29. The van der Waals surface area contributed by atoms with Crippen molar-refractivity contribution in [1.82, 2.24) is 9.88 Å². The maximum Gasteiger partial charge on any atom is 0.311 e. The fourth-order valence-corrected chi connectivity index (χ4v) is 4.10. The number of hydrogen-bond donors (Lipinski definition) is 0. The summed E-state index contributed by atoms with van der Waals surface area (Å²) in [5, 5.41) is 11.2. The van der Waals surface area contributed by atoms with Crippen LogP contribution in [0.15, 0.2) is 18.3 Å². The third kappa shape index (κ3) is 2.79. The van der Waals surface area contributed by atoms with Crippen molar-refractivity contribution >= 4 is 11.5 Å². The lowest BCUT2D eigenvalue weighted by Gasteiger charge is -2.41. The lowest BCUT2D eigenvalue weighted by molar-refractivity contribution is -0.384. The molecule has 6 nitrogen and oxygen atoms in total. The molecule has 2 saturated heterocycles. The van der Waals surface area contributed by atoms with Crippen molar-refractivity contribution < 1.29 is 4.92 Å². The highest BCUT2D eigenvalue weighted by atomic mass is 16.6. The van der Waals surface area contributed by atoms with Gasteiger partial charge in [-0.05, 0) is 45.6 Å². The first-order valence-corrected chi connectivity index (χ1v) is 8.19. The van der Waals surface area contributed by atoms with Gasteiger partial charge < -0.3 is 4.90 Å². The highest BCUT2D eigenvalue weighted by Crippen LogP contribution is 2.33. The molecule has 0 bridgehead atoms. The lowest BCUT2D eigenvalue weighted by Crippen LogP contribution is -2.51. The summed E-state index contributed by atoms with van der Waals surface area (Å²) in [7, 11) is 0. The molecule has 1 aromatic rings. The SMILES string of the molecule is CC1CCC(C)N1C1CCCN(c2ncccc2[N+](=O)[O-])C1. The molecule has 0 radical (unpaired) electrons. The Hall–Kier alpha value is -1.69. The minimum absolute atomic E-state index is 0.116. The monoisotopic (exact) mass is 304 g/mol. The van der Waals surface area contributed by atoms with E-state index in [1.165, 1.54) is 19.3 Å². The predicted molar refractivity (Wildman–Crippen MR) is 86.1 cm³/mol. The first kappa shape index (κ1) is 15.2. The molecule has 120 valence electrons. The molecule has 0 aliphatic carbocycles. The maximum absolute atomic E-state index is 11.2. The number of hydrogen-bond acceptors (Lipinski definition) is 5. The van der Waals surface area contributed by atoms with E-state index in [0.717, 1.165) is 19.5 Å². The van der Waals surface area contributed by atoms with Crippen LogP contribution in [0.2, 0.25) is 0 Å². The van der Waals surface area contributed by atoms with Crippen LogP contribution in [0.5, 0.6) is 0 Å². The van der Waals surface area contributed by atoms with Crippen LogP contribution in [-0.4, -0.2) is 46.0 Å². The topological polar surface area (TPSA) is 62.5 Å². The Kier molecular flexibility index (Phi) is 4.29. The zero-order valence-electron chi connectivity index (χ0n) is 13.3. The predicted octanol–water partition coefficient (Wildman–Crippen LogP) is 2.83. The van der Waals surface area contributed by atoms with Crippen LogP contribution < -0.4 is 4.90 Å². The number of nitrogens with zero attached hydrogens (tertiary/aromatic N) is 4. The van der Waals surface area contributed by atoms with Gasteiger partial charge >= 0.3 is 5.69 Å². The van der Waals surface area contributed by atoms with Gasteiger partial charge in [-0.3, -0.25) is 15.0 Å². The molecule has 0 saturated carbocycles. The highest BCUT2D eigenvalue weighted by Gasteiger charge is 2.36. The van der Waals surface area contributed by atoms with Gasteiger partial charge in [0.15, 0.2) is 0 Å². The first-order valence-electron chi connectivity index (χ1n) is 8.19. The molecule has 3 atom stereocenters. The van der Waals surface area contributed by atoms with E-state index in [4.69, 9.17) is 0 Å². The van der Waals surface area contributed by atoms with E-state index >= 15 is 0 Å². The molecule has 3 rings (SSSR count). The van der Waals surface area contributed by atoms with Gasteiger partial charge in [0.05, 0.1) is 4.92 Å². The fourth-order valence-electron chi connectivity index (χ4n) is 4.10. The van der Waals surface area contributed by atoms with Crippen LogP contribution in [0.4, 0.5) is 11.5 Å². The second-order valence-electron chi connectivity index (χ2n) is 6.57. The molecular formula is C16H24N4O2. The fraction of sp³-hybridized carbons (Fsp3) is 0.688. The van der Waals surface area contributed by atoms with Gasteiger partial charge in [0.25, 0.3) is 0 Å². The van der Waals surface area contributed by atoms with E-state index in [0.29, 0.717) is 23.9 Å². The van der Waals surface area contributed by atoms with Crippen LogP contribution in [0, 0.1) is 10.1 Å². The van der Waals surface area contributed by atoms with Crippen LogP contribution in [0.3, 0.4) is 0 Å². The van der Waals surface area contributed by atoms with Gasteiger partial charge in [-0.1, -0.05) is 0 Å². The van der Waals surface area contributed by atoms with Gasteiger partial charge in [0, 0.05) is 43.5 Å². The molecule has 0 aromatic carbocycles. The molecule has 2 aliphatic heterocycles. The molecular weight excluding hydrogens is 280 g/mol.